The minimum absolute atomic E-state index is 0. The molecule has 1 rings (SSSR count). The van der Waals surface area contributed by atoms with Gasteiger partial charge in [-0.1, -0.05) is 0 Å². The van der Waals surface area contributed by atoms with E-state index in [2.05, 4.69) is 26.2 Å². The van der Waals surface area contributed by atoms with Gasteiger partial charge in [-0.3, -0.25) is 9.78 Å². The van der Waals surface area contributed by atoms with Crippen molar-refractivity contribution in [2.45, 2.75) is 13.0 Å². The minimum atomic E-state index is -1.07. The van der Waals surface area contributed by atoms with Crippen molar-refractivity contribution in [1.82, 2.24) is 10.3 Å². The zero-order valence-corrected chi connectivity index (χ0v) is 12.5. The highest BCUT2D eigenvalue weighted by Gasteiger charge is 2.21. The number of nitrogens with zero attached hydrogens (tertiary/aromatic N) is 1. The second-order valence-electron chi connectivity index (χ2n) is 3.35. The predicted octanol–water partition coefficient (Wildman–Crippen LogP) is 0.920. The average Bonchev–Trinajstić information content (AvgIpc) is 2.35. The number of ether oxygens (including phenoxy) is 1. The van der Waals surface area contributed by atoms with E-state index in [1.165, 1.54) is 12.4 Å². The summed E-state index contributed by atoms with van der Waals surface area (Å²) < 4.78 is 5.36. The van der Waals surface area contributed by atoms with Crippen LogP contribution in [0.2, 0.25) is 0 Å². The van der Waals surface area contributed by atoms with E-state index in [1.54, 1.807) is 13.0 Å². The highest BCUT2D eigenvalue weighted by molar-refractivity contribution is 9.10. The topological polar surface area (TPSA) is 88.5 Å². The number of hydrogen-bond acceptors (Lipinski definition) is 5. The van der Waals surface area contributed by atoms with Gasteiger partial charge in [0.1, 0.15) is 0 Å². The van der Waals surface area contributed by atoms with E-state index in [9.17, 15) is 9.59 Å². The van der Waals surface area contributed by atoms with Crippen LogP contribution >= 0.6 is 28.3 Å². The molecule has 8 heteroatoms. The lowest BCUT2D eigenvalue weighted by atomic mass is 10.2. The van der Waals surface area contributed by atoms with Crippen molar-refractivity contribution in [3.8, 4) is 0 Å². The quantitative estimate of drug-likeness (QED) is 0.769. The van der Waals surface area contributed by atoms with Crippen molar-refractivity contribution < 1.29 is 19.4 Å². The number of esters is 1. The summed E-state index contributed by atoms with van der Waals surface area (Å²) in [6.45, 7) is 1.31. The number of amides is 1. The van der Waals surface area contributed by atoms with E-state index in [-0.39, 0.29) is 24.6 Å². The van der Waals surface area contributed by atoms with E-state index in [4.69, 9.17) is 9.84 Å². The van der Waals surface area contributed by atoms with Crippen molar-refractivity contribution in [1.29, 1.82) is 0 Å². The molecule has 1 heterocycles. The Bertz CT molecular complexity index is 444. The van der Waals surface area contributed by atoms with Crippen molar-refractivity contribution in [3.63, 3.8) is 0 Å². The molecule has 106 valence electrons. The highest BCUT2D eigenvalue weighted by Crippen LogP contribution is 2.09. The average molecular weight is 354 g/mol. The van der Waals surface area contributed by atoms with Gasteiger partial charge in [0.05, 0.1) is 18.8 Å². The Morgan fingerprint density at radius 1 is 1.53 bits per heavy atom. The van der Waals surface area contributed by atoms with Gasteiger partial charge in [0.2, 0.25) is 0 Å². The fraction of sp³-hybridized carbons (Fsp3) is 0.364. The summed E-state index contributed by atoms with van der Waals surface area (Å²) in [6, 6.07) is 0.485. The van der Waals surface area contributed by atoms with E-state index in [0.717, 1.165) is 0 Å². The molecule has 0 aliphatic heterocycles. The van der Waals surface area contributed by atoms with Crippen molar-refractivity contribution >= 4 is 40.2 Å². The molecule has 0 aliphatic rings. The molecule has 0 spiro atoms. The summed E-state index contributed by atoms with van der Waals surface area (Å²) >= 11 is 3.18. The Labute approximate surface area is 125 Å². The fourth-order valence-corrected chi connectivity index (χ4v) is 1.56. The van der Waals surface area contributed by atoms with Gasteiger partial charge in [-0.2, -0.15) is 0 Å². The molecular formula is C11H14BrClN2O4. The Morgan fingerprint density at radius 2 is 2.21 bits per heavy atom. The monoisotopic (exact) mass is 352 g/mol. The first-order valence-electron chi connectivity index (χ1n) is 5.27. The molecule has 0 radical (unpaired) electrons. The highest BCUT2D eigenvalue weighted by atomic mass is 79.9. The summed E-state index contributed by atoms with van der Waals surface area (Å²) in [5.74, 6) is -1.17. The number of carbonyl (C=O) groups is 2. The molecule has 0 aromatic carbocycles. The molecule has 0 saturated carbocycles. The Balaban J connectivity index is 0.00000324. The largest absolute Gasteiger partial charge is 0.464 e. The number of hydrogen-bond donors (Lipinski definition) is 2. The van der Waals surface area contributed by atoms with E-state index in [1.807, 2.05) is 0 Å². The molecular weight excluding hydrogens is 339 g/mol. The van der Waals surface area contributed by atoms with Gasteiger partial charge in [0.15, 0.2) is 6.04 Å². The normalized spacial score (nSPS) is 11.1. The number of pyridine rings is 1. The zero-order valence-electron chi connectivity index (χ0n) is 10.1. The SMILES string of the molecule is CCOC(=O)C(CO)NC(=O)c1cncc(Br)c1.Cl. The predicted molar refractivity (Wildman–Crippen MR) is 74.2 cm³/mol. The van der Waals surface area contributed by atoms with Gasteiger partial charge >= 0.3 is 5.97 Å². The molecule has 1 amide bonds. The number of aromatic nitrogens is 1. The number of halogens is 2. The van der Waals surface area contributed by atoms with E-state index < -0.39 is 24.5 Å². The third-order valence-electron chi connectivity index (χ3n) is 2.03. The molecule has 0 bridgehead atoms. The third kappa shape index (κ3) is 5.54. The molecule has 0 fully saturated rings. The molecule has 1 aromatic rings. The summed E-state index contributed by atoms with van der Waals surface area (Å²) in [7, 11) is 0. The minimum Gasteiger partial charge on any atom is -0.464 e. The van der Waals surface area contributed by atoms with Crippen LogP contribution in [-0.2, 0) is 9.53 Å². The zero-order chi connectivity index (χ0) is 13.5. The molecule has 2 N–H and O–H groups in total. The van der Waals surface area contributed by atoms with Crippen LogP contribution in [0, 0.1) is 0 Å². The first-order chi connectivity index (χ1) is 8.58. The number of rotatable bonds is 5. The van der Waals surface area contributed by atoms with Crippen LogP contribution < -0.4 is 5.32 Å². The van der Waals surface area contributed by atoms with Crippen LogP contribution in [0.1, 0.15) is 17.3 Å². The van der Waals surface area contributed by atoms with Gasteiger partial charge in [-0.25, -0.2) is 4.79 Å². The first-order valence-corrected chi connectivity index (χ1v) is 6.06. The molecule has 0 aliphatic carbocycles. The number of nitrogens with one attached hydrogen (secondary N) is 1. The maximum atomic E-state index is 11.8. The molecule has 6 nitrogen and oxygen atoms in total. The van der Waals surface area contributed by atoms with Crippen molar-refractivity contribution in [2.75, 3.05) is 13.2 Å². The van der Waals surface area contributed by atoms with Gasteiger partial charge < -0.3 is 15.2 Å². The molecule has 0 saturated heterocycles. The fourth-order valence-electron chi connectivity index (χ4n) is 1.20. The standard InChI is InChI=1S/C11H13BrN2O4.ClH/c1-2-18-11(17)9(6-15)14-10(16)7-3-8(12)5-13-4-7;/h3-5,9,15H,2,6H2,1H3,(H,14,16);1H. The van der Waals surface area contributed by atoms with Gasteiger partial charge in [0, 0.05) is 16.9 Å². The first kappa shape index (κ1) is 17.8. The Hall–Kier alpha value is -1.18. The Kier molecular flexibility index (Phi) is 8.29. The van der Waals surface area contributed by atoms with Gasteiger partial charge in [-0.05, 0) is 28.9 Å². The maximum Gasteiger partial charge on any atom is 0.331 e. The van der Waals surface area contributed by atoms with Crippen molar-refractivity contribution in [2.24, 2.45) is 0 Å². The summed E-state index contributed by atoms with van der Waals surface area (Å²) in [6.07, 6.45) is 2.89. The lowest BCUT2D eigenvalue weighted by Crippen LogP contribution is -2.44. The maximum absolute atomic E-state index is 11.8. The van der Waals surface area contributed by atoms with Crippen LogP contribution in [0.15, 0.2) is 22.9 Å². The second-order valence-corrected chi connectivity index (χ2v) is 4.27. The molecule has 19 heavy (non-hydrogen) atoms. The number of aliphatic hydroxyl groups excluding tert-OH is 1. The second kappa shape index (κ2) is 8.84. The van der Waals surface area contributed by atoms with Crippen LogP contribution in [-0.4, -0.2) is 41.2 Å². The van der Waals surface area contributed by atoms with Crippen LogP contribution in [0.5, 0.6) is 0 Å². The van der Waals surface area contributed by atoms with E-state index in [0.29, 0.717) is 4.47 Å². The summed E-state index contributed by atoms with van der Waals surface area (Å²) in [5.41, 5.74) is 0.284. The number of carbonyl (C=O) groups excluding carboxylic acids is 2. The number of aliphatic hydroxyl groups is 1. The van der Waals surface area contributed by atoms with Gasteiger partial charge in [0.25, 0.3) is 5.91 Å². The summed E-state index contributed by atoms with van der Waals surface area (Å²) in [4.78, 5) is 27.0. The van der Waals surface area contributed by atoms with E-state index >= 15 is 0 Å². The van der Waals surface area contributed by atoms with Crippen LogP contribution in [0.3, 0.4) is 0 Å². The molecule has 1 atom stereocenters. The van der Waals surface area contributed by atoms with Crippen molar-refractivity contribution in [3.05, 3.63) is 28.5 Å². The Morgan fingerprint density at radius 3 is 2.74 bits per heavy atom. The van der Waals surface area contributed by atoms with Gasteiger partial charge in [-0.15, -0.1) is 12.4 Å². The van der Waals surface area contributed by atoms with Crippen LogP contribution in [0.4, 0.5) is 0 Å². The van der Waals surface area contributed by atoms with Crippen LogP contribution in [0.25, 0.3) is 0 Å². The lowest BCUT2D eigenvalue weighted by molar-refractivity contribution is -0.146. The summed E-state index contributed by atoms with van der Waals surface area (Å²) in [5, 5.41) is 11.4. The molecule has 1 aromatic heterocycles. The lowest BCUT2D eigenvalue weighted by Gasteiger charge is -2.14. The third-order valence-corrected chi connectivity index (χ3v) is 2.46. The smallest absolute Gasteiger partial charge is 0.331 e. The molecule has 1 unspecified atom stereocenters.